The van der Waals surface area contributed by atoms with Gasteiger partial charge in [0.25, 0.3) is 0 Å². The standard InChI is InChI=1S/C25H31ClN2O3/c26-23-7-3-2-6-22(23)25(12-17-30-18-13-25)24(29)27-20-8-10-21(11-9-20)31-19-16-28-14-4-1-5-15-28/h2-3,6-11H,1,4-5,12-19H2,(H,27,29). The molecule has 4 rings (SSSR count). The number of carbonyl (C=O) groups is 1. The Hall–Kier alpha value is -2.08. The third-order valence-corrected chi connectivity index (χ3v) is 6.74. The predicted octanol–water partition coefficient (Wildman–Crippen LogP) is 4.89. The first-order chi connectivity index (χ1) is 15.2. The van der Waals surface area contributed by atoms with Crippen molar-refractivity contribution >= 4 is 23.2 Å². The Morgan fingerprint density at radius 2 is 1.74 bits per heavy atom. The number of piperidine rings is 1. The minimum absolute atomic E-state index is 0.0392. The van der Waals surface area contributed by atoms with Crippen LogP contribution in [0.2, 0.25) is 5.02 Å². The van der Waals surface area contributed by atoms with Gasteiger partial charge in [0, 0.05) is 30.5 Å². The van der Waals surface area contributed by atoms with E-state index in [-0.39, 0.29) is 5.91 Å². The van der Waals surface area contributed by atoms with Crippen molar-refractivity contribution in [1.29, 1.82) is 0 Å². The van der Waals surface area contributed by atoms with Crippen LogP contribution in [-0.2, 0) is 14.9 Å². The van der Waals surface area contributed by atoms with Crippen LogP contribution in [0, 0.1) is 0 Å². The van der Waals surface area contributed by atoms with Gasteiger partial charge in [0.2, 0.25) is 5.91 Å². The Labute approximate surface area is 189 Å². The van der Waals surface area contributed by atoms with Gasteiger partial charge in [0.1, 0.15) is 12.4 Å². The SMILES string of the molecule is O=C(Nc1ccc(OCCN2CCCCC2)cc1)C1(c2ccccc2Cl)CCOCC1. The van der Waals surface area contributed by atoms with E-state index < -0.39 is 5.41 Å². The number of ether oxygens (including phenoxy) is 2. The summed E-state index contributed by atoms with van der Waals surface area (Å²) in [7, 11) is 0. The molecule has 166 valence electrons. The van der Waals surface area contributed by atoms with Gasteiger partial charge in [0.15, 0.2) is 0 Å². The molecule has 2 aromatic carbocycles. The zero-order valence-electron chi connectivity index (χ0n) is 17.9. The molecule has 1 amide bonds. The van der Waals surface area contributed by atoms with Crippen LogP contribution in [0.5, 0.6) is 5.75 Å². The van der Waals surface area contributed by atoms with Crippen LogP contribution < -0.4 is 10.1 Å². The van der Waals surface area contributed by atoms with Crippen molar-refractivity contribution in [3.63, 3.8) is 0 Å². The van der Waals surface area contributed by atoms with E-state index in [1.165, 1.54) is 32.4 Å². The molecule has 6 heteroatoms. The first kappa shape index (κ1) is 22.1. The summed E-state index contributed by atoms with van der Waals surface area (Å²) < 4.78 is 11.4. The molecule has 5 nitrogen and oxygen atoms in total. The van der Waals surface area contributed by atoms with Crippen molar-refractivity contribution in [2.45, 2.75) is 37.5 Å². The Bertz CT molecular complexity index is 859. The van der Waals surface area contributed by atoms with Crippen LogP contribution in [0.3, 0.4) is 0 Å². The molecule has 1 N–H and O–H groups in total. The maximum Gasteiger partial charge on any atom is 0.235 e. The first-order valence-electron chi connectivity index (χ1n) is 11.3. The number of amides is 1. The predicted molar refractivity (Wildman–Crippen MR) is 124 cm³/mol. The lowest BCUT2D eigenvalue weighted by atomic mass is 9.73. The highest BCUT2D eigenvalue weighted by Gasteiger charge is 2.43. The number of anilines is 1. The summed E-state index contributed by atoms with van der Waals surface area (Å²) in [5.41, 5.74) is 0.946. The van der Waals surface area contributed by atoms with Crippen LogP contribution >= 0.6 is 11.6 Å². The summed E-state index contributed by atoms with van der Waals surface area (Å²) >= 11 is 6.48. The topological polar surface area (TPSA) is 50.8 Å². The molecule has 2 fully saturated rings. The van der Waals surface area contributed by atoms with Gasteiger partial charge in [-0.2, -0.15) is 0 Å². The molecular formula is C25H31ClN2O3. The second-order valence-corrected chi connectivity index (χ2v) is 8.81. The average Bonchev–Trinajstić information content (AvgIpc) is 2.81. The Balaban J connectivity index is 1.38. The van der Waals surface area contributed by atoms with Crippen molar-refractivity contribution in [3.8, 4) is 5.75 Å². The molecule has 31 heavy (non-hydrogen) atoms. The molecule has 0 aliphatic carbocycles. The number of hydrogen-bond donors (Lipinski definition) is 1. The quantitative estimate of drug-likeness (QED) is 0.663. The van der Waals surface area contributed by atoms with Crippen LogP contribution in [0.15, 0.2) is 48.5 Å². The second-order valence-electron chi connectivity index (χ2n) is 8.40. The molecule has 2 aliphatic heterocycles. The van der Waals surface area contributed by atoms with E-state index in [1.54, 1.807) is 0 Å². The van der Waals surface area contributed by atoms with Gasteiger partial charge in [-0.3, -0.25) is 9.69 Å². The number of benzene rings is 2. The third kappa shape index (κ3) is 5.40. The van der Waals surface area contributed by atoms with E-state index in [0.29, 0.717) is 37.7 Å². The van der Waals surface area contributed by atoms with E-state index in [2.05, 4.69) is 10.2 Å². The molecule has 0 saturated carbocycles. The number of rotatable bonds is 7. The number of carbonyl (C=O) groups excluding carboxylic acids is 1. The number of halogens is 1. The second kappa shape index (κ2) is 10.5. The molecule has 2 aliphatic rings. The summed E-state index contributed by atoms with van der Waals surface area (Å²) in [5, 5.41) is 3.72. The van der Waals surface area contributed by atoms with Gasteiger partial charge in [-0.05, 0) is 74.7 Å². The highest BCUT2D eigenvalue weighted by atomic mass is 35.5. The molecule has 0 unspecified atom stereocenters. The van der Waals surface area contributed by atoms with Gasteiger partial charge in [0.05, 0.1) is 5.41 Å². The fourth-order valence-electron chi connectivity index (χ4n) is 4.55. The third-order valence-electron chi connectivity index (χ3n) is 6.41. The largest absolute Gasteiger partial charge is 0.492 e. The maximum atomic E-state index is 13.4. The summed E-state index contributed by atoms with van der Waals surface area (Å²) in [6.45, 7) is 5.08. The fraction of sp³-hybridized carbons (Fsp3) is 0.480. The number of likely N-dealkylation sites (tertiary alicyclic amines) is 1. The lowest BCUT2D eigenvalue weighted by Gasteiger charge is -2.36. The van der Waals surface area contributed by atoms with E-state index in [1.807, 2.05) is 48.5 Å². The minimum atomic E-state index is -0.680. The molecule has 2 heterocycles. The summed E-state index contributed by atoms with van der Waals surface area (Å²) in [4.78, 5) is 15.9. The van der Waals surface area contributed by atoms with Gasteiger partial charge in [-0.1, -0.05) is 36.2 Å². The lowest BCUT2D eigenvalue weighted by molar-refractivity contribution is -0.125. The Kier molecular flexibility index (Phi) is 7.49. The molecular weight excluding hydrogens is 412 g/mol. The van der Waals surface area contributed by atoms with Crippen molar-refractivity contribution < 1.29 is 14.3 Å². The number of hydrogen-bond acceptors (Lipinski definition) is 4. The normalized spacial score (nSPS) is 19.0. The van der Waals surface area contributed by atoms with Crippen molar-refractivity contribution in [1.82, 2.24) is 4.90 Å². The number of nitrogens with zero attached hydrogens (tertiary/aromatic N) is 1. The van der Waals surface area contributed by atoms with Crippen molar-refractivity contribution in [2.75, 3.05) is 44.8 Å². The van der Waals surface area contributed by atoms with Gasteiger partial charge >= 0.3 is 0 Å². The highest BCUT2D eigenvalue weighted by molar-refractivity contribution is 6.31. The van der Waals surface area contributed by atoms with Crippen LogP contribution in [-0.4, -0.2) is 50.3 Å². The molecule has 2 aromatic rings. The van der Waals surface area contributed by atoms with Crippen LogP contribution in [0.25, 0.3) is 0 Å². The van der Waals surface area contributed by atoms with E-state index in [0.717, 1.165) is 23.5 Å². The molecule has 0 radical (unpaired) electrons. The van der Waals surface area contributed by atoms with Gasteiger partial charge < -0.3 is 14.8 Å². The maximum absolute atomic E-state index is 13.4. The molecule has 0 aromatic heterocycles. The lowest BCUT2D eigenvalue weighted by Crippen LogP contribution is -2.45. The molecule has 0 bridgehead atoms. The number of nitrogens with one attached hydrogen (secondary N) is 1. The molecule has 0 atom stereocenters. The van der Waals surface area contributed by atoms with Crippen LogP contribution in [0.1, 0.15) is 37.7 Å². The van der Waals surface area contributed by atoms with Gasteiger partial charge in [-0.25, -0.2) is 0 Å². The summed E-state index contributed by atoms with van der Waals surface area (Å²) in [6, 6.07) is 15.2. The van der Waals surface area contributed by atoms with E-state index in [4.69, 9.17) is 21.1 Å². The Morgan fingerprint density at radius 3 is 2.45 bits per heavy atom. The zero-order valence-corrected chi connectivity index (χ0v) is 18.7. The van der Waals surface area contributed by atoms with Crippen LogP contribution in [0.4, 0.5) is 5.69 Å². The highest BCUT2D eigenvalue weighted by Crippen LogP contribution is 2.39. The van der Waals surface area contributed by atoms with Crippen molar-refractivity contribution in [2.24, 2.45) is 0 Å². The average molecular weight is 443 g/mol. The fourth-order valence-corrected chi connectivity index (χ4v) is 4.87. The monoisotopic (exact) mass is 442 g/mol. The molecule has 0 spiro atoms. The minimum Gasteiger partial charge on any atom is -0.492 e. The van der Waals surface area contributed by atoms with E-state index >= 15 is 0 Å². The first-order valence-corrected chi connectivity index (χ1v) is 11.6. The van der Waals surface area contributed by atoms with E-state index in [9.17, 15) is 4.79 Å². The zero-order chi connectivity index (χ0) is 21.5. The summed E-state index contributed by atoms with van der Waals surface area (Å²) in [5.74, 6) is 0.782. The molecule has 2 saturated heterocycles. The smallest absolute Gasteiger partial charge is 0.235 e. The van der Waals surface area contributed by atoms with Crippen molar-refractivity contribution in [3.05, 3.63) is 59.1 Å². The Morgan fingerprint density at radius 1 is 1.03 bits per heavy atom. The summed E-state index contributed by atoms with van der Waals surface area (Å²) in [6.07, 6.45) is 5.14. The van der Waals surface area contributed by atoms with Gasteiger partial charge in [-0.15, -0.1) is 0 Å².